The maximum atomic E-state index is 6.12. The van der Waals surface area contributed by atoms with Crippen molar-refractivity contribution in [1.29, 1.82) is 0 Å². The van der Waals surface area contributed by atoms with Gasteiger partial charge in [-0.2, -0.15) is 0 Å². The number of rotatable bonds is 4. The summed E-state index contributed by atoms with van der Waals surface area (Å²) in [7, 11) is 0. The Hall–Kier alpha value is -1.97. The fourth-order valence-corrected chi connectivity index (χ4v) is 1.97. The molecule has 102 valence electrons. The van der Waals surface area contributed by atoms with Crippen LogP contribution in [0.15, 0.2) is 30.6 Å². The van der Waals surface area contributed by atoms with Crippen molar-refractivity contribution < 1.29 is 4.74 Å². The molecule has 19 heavy (non-hydrogen) atoms. The molecule has 2 aromatic rings. The minimum atomic E-state index is 0.177. The first-order valence-electron chi connectivity index (χ1n) is 6.58. The third kappa shape index (κ3) is 2.89. The van der Waals surface area contributed by atoms with Gasteiger partial charge in [-0.1, -0.05) is 0 Å². The van der Waals surface area contributed by atoms with Crippen molar-refractivity contribution in [3.8, 4) is 17.0 Å². The SMILES string of the molecule is CC(C)Oc1ccc(-c2ncn(C(C)C)c2N)cc1. The molecule has 0 aliphatic carbocycles. The van der Waals surface area contributed by atoms with E-state index in [1.807, 2.05) is 42.7 Å². The number of nitrogens with two attached hydrogens (primary N) is 1. The monoisotopic (exact) mass is 259 g/mol. The molecule has 0 unspecified atom stereocenters. The van der Waals surface area contributed by atoms with E-state index in [-0.39, 0.29) is 6.10 Å². The van der Waals surface area contributed by atoms with Crippen LogP contribution in [-0.2, 0) is 0 Å². The van der Waals surface area contributed by atoms with Gasteiger partial charge in [-0.15, -0.1) is 0 Å². The maximum Gasteiger partial charge on any atom is 0.131 e. The summed E-state index contributed by atoms with van der Waals surface area (Å²) in [6, 6.07) is 8.18. The second-order valence-electron chi connectivity index (χ2n) is 5.17. The smallest absolute Gasteiger partial charge is 0.131 e. The molecule has 4 heteroatoms. The zero-order valence-corrected chi connectivity index (χ0v) is 11.9. The lowest BCUT2D eigenvalue weighted by Gasteiger charge is -2.11. The molecule has 1 aromatic heterocycles. The summed E-state index contributed by atoms with van der Waals surface area (Å²) < 4.78 is 7.59. The summed E-state index contributed by atoms with van der Waals surface area (Å²) >= 11 is 0. The molecule has 2 N–H and O–H groups in total. The number of hydrogen-bond acceptors (Lipinski definition) is 3. The molecule has 0 aliphatic rings. The predicted molar refractivity (Wildman–Crippen MR) is 78.2 cm³/mol. The number of ether oxygens (including phenoxy) is 1. The third-order valence-electron chi connectivity index (χ3n) is 2.89. The summed E-state index contributed by atoms with van der Waals surface area (Å²) in [5.41, 5.74) is 7.96. The van der Waals surface area contributed by atoms with E-state index in [0.717, 1.165) is 17.0 Å². The number of aromatic nitrogens is 2. The van der Waals surface area contributed by atoms with E-state index in [1.54, 1.807) is 6.33 Å². The van der Waals surface area contributed by atoms with Crippen LogP contribution in [0.25, 0.3) is 11.3 Å². The molecule has 0 amide bonds. The number of imidazole rings is 1. The van der Waals surface area contributed by atoms with Gasteiger partial charge in [0, 0.05) is 11.6 Å². The largest absolute Gasteiger partial charge is 0.491 e. The van der Waals surface area contributed by atoms with Crippen LogP contribution in [0.5, 0.6) is 5.75 Å². The van der Waals surface area contributed by atoms with Gasteiger partial charge in [-0.25, -0.2) is 4.98 Å². The van der Waals surface area contributed by atoms with Crippen LogP contribution in [0.2, 0.25) is 0 Å². The lowest BCUT2D eigenvalue weighted by atomic mass is 10.1. The van der Waals surface area contributed by atoms with Crippen LogP contribution >= 0.6 is 0 Å². The highest BCUT2D eigenvalue weighted by Crippen LogP contribution is 2.28. The number of nitrogens with zero attached hydrogens (tertiary/aromatic N) is 2. The normalized spacial score (nSPS) is 11.3. The third-order valence-corrected chi connectivity index (χ3v) is 2.89. The summed E-state index contributed by atoms with van der Waals surface area (Å²) in [4.78, 5) is 4.39. The van der Waals surface area contributed by atoms with Gasteiger partial charge in [-0.3, -0.25) is 0 Å². The molecule has 0 spiro atoms. The number of benzene rings is 1. The van der Waals surface area contributed by atoms with Gasteiger partial charge in [-0.05, 0) is 52.0 Å². The fourth-order valence-electron chi connectivity index (χ4n) is 1.97. The molecule has 4 nitrogen and oxygen atoms in total. The van der Waals surface area contributed by atoms with Gasteiger partial charge in [0.2, 0.25) is 0 Å². The maximum absolute atomic E-state index is 6.12. The molecule has 0 aliphatic heterocycles. The lowest BCUT2D eigenvalue weighted by Crippen LogP contribution is -2.05. The molecular formula is C15H21N3O. The van der Waals surface area contributed by atoms with Gasteiger partial charge >= 0.3 is 0 Å². The Kier molecular flexibility index (Phi) is 3.79. The van der Waals surface area contributed by atoms with E-state index in [9.17, 15) is 0 Å². The van der Waals surface area contributed by atoms with Crippen molar-refractivity contribution >= 4 is 5.82 Å². The predicted octanol–water partition coefficient (Wildman–Crippen LogP) is 3.50. The van der Waals surface area contributed by atoms with E-state index in [4.69, 9.17) is 10.5 Å². The zero-order chi connectivity index (χ0) is 14.0. The van der Waals surface area contributed by atoms with Crippen molar-refractivity contribution in [3.05, 3.63) is 30.6 Å². The Morgan fingerprint density at radius 2 is 1.74 bits per heavy atom. The molecule has 0 radical (unpaired) electrons. The van der Waals surface area contributed by atoms with Crippen LogP contribution < -0.4 is 10.5 Å². The first kappa shape index (κ1) is 13.5. The van der Waals surface area contributed by atoms with Gasteiger partial charge < -0.3 is 15.0 Å². The first-order chi connectivity index (χ1) is 8.99. The standard InChI is InChI=1S/C15H21N3O/c1-10(2)18-9-17-14(15(18)16)12-5-7-13(8-6-12)19-11(3)4/h5-11H,16H2,1-4H3. The molecule has 1 heterocycles. The van der Waals surface area contributed by atoms with E-state index >= 15 is 0 Å². The molecule has 0 saturated heterocycles. The molecule has 0 atom stereocenters. The van der Waals surface area contributed by atoms with Crippen LogP contribution in [0.3, 0.4) is 0 Å². The van der Waals surface area contributed by atoms with Gasteiger partial charge in [0.05, 0.1) is 12.4 Å². The number of hydrogen-bond donors (Lipinski definition) is 1. The summed E-state index contributed by atoms with van der Waals surface area (Å²) in [6.07, 6.45) is 1.96. The fraction of sp³-hybridized carbons (Fsp3) is 0.400. The van der Waals surface area contributed by atoms with Crippen molar-refractivity contribution in [3.63, 3.8) is 0 Å². The highest BCUT2D eigenvalue weighted by molar-refractivity contribution is 5.70. The average Bonchev–Trinajstić information content (AvgIpc) is 2.71. The second kappa shape index (κ2) is 5.34. The lowest BCUT2D eigenvalue weighted by molar-refractivity contribution is 0.242. The van der Waals surface area contributed by atoms with Gasteiger partial charge in [0.15, 0.2) is 0 Å². The first-order valence-corrected chi connectivity index (χ1v) is 6.58. The molecule has 0 fully saturated rings. The highest BCUT2D eigenvalue weighted by atomic mass is 16.5. The number of nitrogen functional groups attached to an aromatic ring is 1. The van der Waals surface area contributed by atoms with Crippen LogP contribution in [0, 0.1) is 0 Å². The molecule has 0 bridgehead atoms. The summed E-state index contributed by atoms with van der Waals surface area (Å²) in [5, 5.41) is 0. The minimum absolute atomic E-state index is 0.177. The average molecular weight is 259 g/mol. The molecule has 1 aromatic carbocycles. The molecule has 0 saturated carbocycles. The topological polar surface area (TPSA) is 53.1 Å². The van der Waals surface area contributed by atoms with E-state index in [1.165, 1.54) is 0 Å². The Morgan fingerprint density at radius 3 is 2.21 bits per heavy atom. The summed E-state index contributed by atoms with van der Waals surface area (Å²) in [6.45, 7) is 8.19. The Morgan fingerprint density at radius 1 is 1.11 bits per heavy atom. The summed E-state index contributed by atoms with van der Waals surface area (Å²) in [5.74, 6) is 1.56. The van der Waals surface area contributed by atoms with Crippen molar-refractivity contribution in [2.45, 2.75) is 39.8 Å². The van der Waals surface area contributed by atoms with Crippen LogP contribution in [0.4, 0.5) is 5.82 Å². The van der Waals surface area contributed by atoms with Gasteiger partial charge in [0.25, 0.3) is 0 Å². The van der Waals surface area contributed by atoms with Crippen LogP contribution in [0.1, 0.15) is 33.7 Å². The number of anilines is 1. The van der Waals surface area contributed by atoms with Crippen molar-refractivity contribution in [2.24, 2.45) is 0 Å². The van der Waals surface area contributed by atoms with Crippen molar-refractivity contribution in [2.75, 3.05) is 5.73 Å². The Labute approximate surface area is 114 Å². The molecule has 2 rings (SSSR count). The highest BCUT2D eigenvalue weighted by Gasteiger charge is 2.11. The molecular weight excluding hydrogens is 238 g/mol. The minimum Gasteiger partial charge on any atom is -0.491 e. The van der Waals surface area contributed by atoms with E-state index < -0.39 is 0 Å². The van der Waals surface area contributed by atoms with E-state index in [2.05, 4.69) is 18.8 Å². The zero-order valence-electron chi connectivity index (χ0n) is 11.9. The Balaban J connectivity index is 2.27. The Bertz CT molecular complexity index is 541. The van der Waals surface area contributed by atoms with E-state index in [0.29, 0.717) is 11.9 Å². The van der Waals surface area contributed by atoms with Gasteiger partial charge in [0.1, 0.15) is 17.3 Å². The van der Waals surface area contributed by atoms with Crippen LogP contribution in [-0.4, -0.2) is 15.7 Å². The van der Waals surface area contributed by atoms with Crippen molar-refractivity contribution in [1.82, 2.24) is 9.55 Å². The second-order valence-corrected chi connectivity index (χ2v) is 5.17. The quantitative estimate of drug-likeness (QED) is 0.914.